The van der Waals surface area contributed by atoms with Gasteiger partial charge in [-0.05, 0) is 35.9 Å². The van der Waals surface area contributed by atoms with E-state index < -0.39 is 0 Å². The molecule has 4 rings (SSSR count). The molecule has 2 aromatic heterocycles. The van der Waals surface area contributed by atoms with Gasteiger partial charge < -0.3 is 4.57 Å². The van der Waals surface area contributed by atoms with Crippen LogP contribution >= 0.6 is 0 Å². The number of fused-ring (bicyclic) bond motifs is 1. The summed E-state index contributed by atoms with van der Waals surface area (Å²) in [6, 6.07) is 21.9. The summed E-state index contributed by atoms with van der Waals surface area (Å²) in [7, 11) is 0. The van der Waals surface area contributed by atoms with Crippen molar-refractivity contribution in [2.45, 2.75) is 6.54 Å². The normalized spacial score (nSPS) is 10.6. The lowest BCUT2D eigenvalue weighted by molar-refractivity contribution is 0.831. The molecule has 0 amide bonds. The summed E-state index contributed by atoms with van der Waals surface area (Å²) in [6.07, 6.45) is 3.56. The van der Waals surface area contributed by atoms with Crippen molar-refractivity contribution in [3.8, 4) is 17.5 Å². The van der Waals surface area contributed by atoms with Gasteiger partial charge in [-0.1, -0.05) is 30.3 Å². The second-order valence-corrected chi connectivity index (χ2v) is 5.52. The van der Waals surface area contributed by atoms with Crippen LogP contribution in [0.1, 0.15) is 11.1 Å². The van der Waals surface area contributed by atoms with E-state index in [1.165, 1.54) is 0 Å². The number of imidazole rings is 1. The molecule has 0 aliphatic heterocycles. The first-order valence-corrected chi connectivity index (χ1v) is 7.70. The summed E-state index contributed by atoms with van der Waals surface area (Å²) in [6.45, 7) is 0.592. The molecule has 0 spiro atoms. The zero-order valence-electron chi connectivity index (χ0n) is 12.9. The Morgan fingerprint density at radius 1 is 0.958 bits per heavy atom. The molecule has 0 fully saturated rings. The third-order valence-electron chi connectivity index (χ3n) is 4.04. The highest BCUT2D eigenvalue weighted by atomic mass is 15.1. The van der Waals surface area contributed by atoms with Crippen molar-refractivity contribution < 1.29 is 0 Å². The summed E-state index contributed by atoms with van der Waals surface area (Å²) in [5.74, 6) is 0.858. The summed E-state index contributed by atoms with van der Waals surface area (Å²) in [5, 5.41) is 9.36. The molecule has 4 heteroatoms. The number of para-hydroxylation sites is 2. The molecule has 0 aliphatic rings. The molecule has 0 saturated heterocycles. The molecule has 2 aromatic carbocycles. The number of nitriles is 1. The van der Waals surface area contributed by atoms with E-state index in [0.717, 1.165) is 28.0 Å². The minimum atomic E-state index is 0.592. The topological polar surface area (TPSA) is 54.5 Å². The molecule has 0 atom stereocenters. The molecule has 2 heterocycles. The van der Waals surface area contributed by atoms with Gasteiger partial charge in [0.2, 0.25) is 0 Å². The van der Waals surface area contributed by atoms with E-state index in [0.29, 0.717) is 12.1 Å². The van der Waals surface area contributed by atoms with Crippen molar-refractivity contribution in [1.29, 1.82) is 5.26 Å². The molecular formula is C20H14N4. The molecule has 114 valence electrons. The highest BCUT2D eigenvalue weighted by Gasteiger charge is 2.14. The molecule has 0 radical (unpaired) electrons. The Balaban J connectivity index is 1.92. The number of hydrogen-bond acceptors (Lipinski definition) is 3. The number of hydrogen-bond donors (Lipinski definition) is 0. The number of pyridine rings is 1. The maximum atomic E-state index is 9.36. The maximum Gasteiger partial charge on any atom is 0.143 e. The van der Waals surface area contributed by atoms with E-state index in [2.05, 4.69) is 21.7 Å². The fraction of sp³-hybridized carbons (Fsp3) is 0.0500. The number of nitrogens with zero attached hydrogens (tertiary/aromatic N) is 4. The van der Waals surface area contributed by atoms with Crippen LogP contribution in [-0.2, 0) is 6.54 Å². The van der Waals surface area contributed by atoms with Crippen LogP contribution in [0, 0.1) is 11.3 Å². The van der Waals surface area contributed by atoms with Gasteiger partial charge in [-0.2, -0.15) is 5.26 Å². The monoisotopic (exact) mass is 310 g/mol. The highest BCUT2D eigenvalue weighted by Crippen LogP contribution is 2.25. The number of aromatic nitrogens is 3. The minimum absolute atomic E-state index is 0.592. The third-order valence-corrected chi connectivity index (χ3v) is 4.04. The fourth-order valence-electron chi connectivity index (χ4n) is 2.89. The first-order chi connectivity index (χ1) is 11.9. The van der Waals surface area contributed by atoms with Crippen LogP contribution in [0.2, 0.25) is 0 Å². The van der Waals surface area contributed by atoms with Crippen LogP contribution in [0.3, 0.4) is 0 Å². The smallest absolute Gasteiger partial charge is 0.143 e. The van der Waals surface area contributed by atoms with E-state index in [9.17, 15) is 5.26 Å². The van der Waals surface area contributed by atoms with E-state index in [-0.39, 0.29) is 0 Å². The highest BCUT2D eigenvalue weighted by molar-refractivity contribution is 5.80. The van der Waals surface area contributed by atoms with Crippen molar-refractivity contribution in [2.75, 3.05) is 0 Å². The van der Waals surface area contributed by atoms with Gasteiger partial charge in [0.15, 0.2) is 0 Å². The lowest BCUT2D eigenvalue weighted by atomic mass is 10.1. The molecule has 0 saturated carbocycles. The Morgan fingerprint density at radius 2 is 1.79 bits per heavy atom. The average Bonchev–Trinajstić information content (AvgIpc) is 3.02. The Bertz CT molecular complexity index is 1040. The van der Waals surface area contributed by atoms with Crippen molar-refractivity contribution in [1.82, 2.24) is 14.5 Å². The second kappa shape index (κ2) is 5.98. The van der Waals surface area contributed by atoms with Crippen LogP contribution in [0.4, 0.5) is 0 Å². The lowest BCUT2D eigenvalue weighted by Gasteiger charge is -2.10. The van der Waals surface area contributed by atoms with Gasteiger partial charge in [-0.3, -0.25) is 4.98 Å². The predicted molar refractivity (Wildman–Crippen MR) is 93.2 cm³/mol. The van der Waals surface area contributed by atoms with Crippen LogP contribution in [0.15, 0.2) is 73.1 Å². The SMILES string of the molecule is N#Cc1ccccc1Cn1c(-c2cccnc2)nc2ccccc21. The lowest BCUT2D eigenvalue weighted by Crippen LogP contribution is -2.04. The fourth-order valence-corrected chi connectivity index (χ4v) is 2.89. The quantitative estimate of drug-likeness (QED) is 0.574. The van der Waals surface area contributed by atoms with Gasteiger partial charge in [0.25, 0.3) is 0 Å². The summed E-state index contributed by atoms with van der Waals surface area (Å²) in [4.78, 5) is 8.98. The molecule has 4 nitrogen and oxygen atoms in total. The standard InChI is InChI=1S/C20H14N4/c21-12-15-6-1-2-7-17(15)14-24-19-10-4-3-9-18(19)23-20(24)16-8-5-11-22-13-16/h1-11,13H,14H2. The summed E-state index contributed by atoms with van der Waals surface area (Å²) < 4.78 is 2.14. The molecule has 0 bridgehead atoms. The van der Waals surface area contributed by atoms with E-state index in [1.807, 2.05) is 60.8 Å². The molecule has 0 unspecified atom stereocenters. The third kappa shape index (κ3) is 2.42. The van der Waals surface area contributed by atoms with Gasteiger partial charge >= 0.3 is 0 Å². The van der Waals surface area contributed by atoms with Gasteiger partial charge in [0.1, 0.15) is 5.82 Å². The van der Waals surface area contributed by atoms with Crippen molar-refractivity contribution in [2.24, 2.45) is 0 Å². The Hall–Kier alpha value is -3.45. The zero-order valence-corrected chi connectivity index (χ0v) is 12.9. The summed E-state index contributed by atoms with van der Waals surface area (Å²) >= 11 is 0. The van der Waals surface area contributed by atoms with E-state index in [1.54, 1.807) is 6.20 Å². The van der Waals surface area contributed by atoms with Gasteiger partial charge in [0.05, 0.1) is 29.2 Å². The van der Waals surface area contributed by atoms with Crippen molar-refractivity contribution >= 4 is 11.0 Å². The summed E-state index contributed by atoms with van der Waals surface area (Å²) in [5.41, 5.74) is 4.61. The molecule has 24 heavy (non-hydrogen) atoms. The van der Waals surface area contributed by atoms with Crippen LogP contribution in [-0.4, -0.2) is 14.5 Å². The van der Waals surface area contributed by atoms with Gasteiger partial charge in [0, 0.05) is 18.0 Å². The van der Waals surface area contributed by atoms with E-state index >= 15 is 0 Å². The zero-order chi connectivity index (χ0) is 16.4. The maximum absolute atomic E-state index is 9.36. The molecular weight excluding hydrogens is 296 g/mol. The largest absolute Gasteiger partial charge is 0.319 e. The number of rotatable bonds is 3. The molecule has 0 N–H and O–H groups in total. The Kier molecular flexibility index (Phi) is 3.53. The van der Waals surface area contributed by atoms with Crippen molar-refractivity contribution in [3.63, 3.8) is 0 Å². The average molecular weight is 310 g/mol. The van der Waals surface area contributed by atoms with Crippen LogP contribution < -0.4 is 0 Å². The van der Waals surface area contributed by atoms with E-state index in [4.69, 9.17) is 4.98 Å². The Morgan fingerprint density at radius 3 is 2.62 bits per heavy atom. The van der Waals surface area contributed by atoms with Crippen molar-refractivity contribution in [3.05, 3.63) is 84.2 Å². The number of benzene rings is 2. The molecule has 4 aromatic rings. The predicted octanol–water partition coefficient (Wildman–Crippen LogP) is 4.02. The Labute approximate surface area is 139 Å². The minimum Gasteiger partial charge on any atom is -0.319 e. The molecule has 0 aliphatic carbocycles. The first kappa shape index (κ1) is 14.2. The second-order valence-electron chi connectivity index (χ2n) is 5.52. The first-order valence-electron chi connectivity index (χ1n) is 7.70. The van der Waals surface area contributed by atoms with Gasteiger partial charge in [-0.15, -0.1) is 0 Å². The van der Waals surface area contributed by atoms with Crippen LogP contribution in [0.5, 0.6) is 0 Å². The van der Waals surface area contributed by atoms with Crippen LogP contribution in [0.25, 0.3) is 22.4 Å². The van der Waals surface area contributed by atoms with Gasteiger partial charge in [-0.25, -0.2) is 4.98 Å².